The van der Waals surface area contributed by atoms with E-state index in [0.717, 1.165) is 0 Å². The summed E-state index contributed by atoms with van der Waals surface area (Å²) in [4.78, 5) is 26.0. The molecule has 1 fully saturated rings. The molecule has 1 saturated heterocycles. The van der Waals surface area contributed by atoms with Gasteiger partial charge in [0.2, 0.25) is 0 Å². The third-order valence-corrected chi connectivity index (χ3v) is 9.77. The third kappa shape index (κ3) is 3.99. The van der Waals surface area contributed by atoms with E-state index in [2.05, 4.69) is 38.8 Å². The van der Waals surface area contributed by atoms with E-state index in [0.29, 0.717) is 12.0 Å². The number of rotatable bonds is 4. The van der Waals surface area contributed by atoms with Gasteiger partial charge >= 0.3 is 5.69 Å². The van der Waals surface area contributed by atoms with Crippen LogP contribution in [0.25, 0.3) is 0 Å². The second-order valence-electron chi connectivity index (χ2n) is 8.26. The van der Waals surface area contributed by atoms with E-state index in [1.807, 2.05) is 0 Å². The molecule has 0 bridgehead atoms. The average molecular weight is 382 g/mol. The minimum absolute atomic E-state index is 0.0569. The summed E-state index contributed by atoms with van der Waals surface area (Å²) in [7, 11) is -2.18. The molecule has 8 nitrogen and oxygen atoms in total. The van der Waals surface area contributed by atoms with Gasteiger partial charge in [-0.25, -0.2) is 4.79 Å². The lowest BCUT2D eigenvalue weighted by molar-refractivity contribution is -0.0640. The molecule has 2 N–H and O–H groups in total. The van der Waals surface area contributed by atoms with Crippen molar-refractivity contribution < 1.29 is 14.3 Å². The van der Waals surface area contributed by atoms with Crippen molar-refractivity contribution in [1.82, 2.24) is 9.55 Å². The summed E-state index contributed by atoms with van der Waals surface area (Å²) in [6, 6.07) is 1.79. The van der Waals surface area contributed by atoms with Crippen molar-refractivity contribution in [3.05, 3.63) is 32.6 Å². The van der Waals surface area contributed by atoms with Crippen molar-refractivity contribution in [3.8, 4) is 6.07 Å². The molecule has 1 aliphatic rings. The number of aromatic amines is 1. The maximum Gasteiger partial charge on any atom is 0.330 e. The molecular formula is C17H27N3O5Si. The Morgan fingerprint density at radius 3 is 2.62 bits per heavy atom. The monoisotopic (exact) mass is 381 g/mol. The van der Waals surface area contributed by atoms with Crippen LogP contribution in [0.2, 0.25) is 18.1 Å². The second-order valence-corrected chi connectivity index (χ2v) is 13.0. The van der Waals surface area contributed by atoms with E-state index < -0.39 is 44.1 Å². The van der Waals surface area contributed by atoms with Crippen molar-refractivity contribution in [2.45, 2.75) is 76.8 Å². The average Bonchev–Trinajstić information content (AvgIpc) is 2.91. The molecule has 2 rings (SSSR count). The van der Waals surface area contributed by atoms with Crippen LogP contribution in [0.1, 0.15) is 39.0 Å². The van der Waals surface area contributed by atoms with Crippen LogP contribution in [0, 0.1) is 18.3 Å². The lowest BCUT2D eigenvalue weighted by atomic mass is 10.1. The molecule has 0 amide bonds. The molecule has 0 aromatic carbocycles. The summed E-state index contributed by atoms with van der Waals surface area (Å²) in [5, 5.41) is 19.1. The van der Waals surface area contributed by atoms with Gasteiger partial charge in [0.05, 0.1) is 12.2 Å². The molecule has 1 aromatic rings. The topological polar surface area (TPSA) is 117 Å². The second kappa shape index (κ2) is 7.11. The van der Waals surface area contributed by atoms with Gasteiger partial charge < -0.3 is 14.3 Å². The lowest BCUT2D eigenvalue weighted by Gasteiger charge is -2.39. The molecule has 26 heavy (non-hydrogen) atoms. The quantitative estimate of drug-likeness (QED) is 0.601. The van der Waals surface area contributed by atoms with Crippen LogP contribution in [0.4, 0.5) is 0 Å². The van der Waals surface area contributed by atoms with Gasteiger partial charge in [0.1, 0.15) is 12.3 Å². The number of nitriles is 1. The lowest BCUT2D eigenvalue weighted by Crippen LogP contribution is -2.48. The van der Waals surface area contributed by atoms with Gasteiger partial charge in [-0.3, -0.25) is 14.3 Å². The van der Waals surface area contributed by atoms with Crippen LogP contribution in [-0.2, 0) is 9.16 Å². The summed E-state index contributed by atoms with van der Waals surface area (Å²) in [5.41, 5.74) is -0.671. The van der Waals surface area contributed by atoms with Gasteiger partial charge in [0.15, 0.2) is 14.4 Å². The largest absolute Gasteiger partial charge is 0.411 e. The molecule has 1 aliphatic heterocycles. The summed E-state index contributed by atoms with van der Waals surface area (Å²) in [6.07, 6.45) is -1.74. The molecular weight excluding hydrogens is 354 g/mol. The molecule has 9 heteroatoms. The molecule has 144 valence electrons. The first-order valence-electron chi connectivity index (χ1n) is 8.60. The van der Waals surface area contributed by atoms with Crippen LogP contribution >= 0.6 is 0 Å². The number of nitrogens with one attached hydrogen (secondary N) is 1. The number of aliphatic hydroxyl groups is 1. The highest BCUT2D eigenvalue weighted by Gasteiger charge is 2.47. The Bertz CT molecular complexity index is 817. The molecule has 0 aliphatic carbocycles. The van der Waals surface area contributed by atoms with Crippen molar-refractivity contribution in [2.24, 2.45) is 0 Å². The Hall–Kier alpha value is -1.73. The number of aliphatic hydroxyl groups excluding tert-OH is 1. The predicted molar refractivity (Wildman–Crippen MR) is 98.3 cm³/mol. The maximum atomic E-state index is 12.1. The highest BCUT2D eigenvalue weighted by atomic mass is 28.4. The van der Waals surface area contributed by atoms with Gasteiger partial charge in [0.25, 0.3) is 5.56 Å². The third-order valence-electron chi connectivity index (χ3n) is 5.27. The van der Waals surface area contributed by atoms with Gasteiger partial charge in [-0.2, -0.15) is 5.26 Å². The van der Waals surface area contributed by atoms with Crippen molar-refractivity contribution in [3.63, 3.8) is 0 Å². The SMILES string of the molecule is Cc1cn([C@H]2C[C@H](O[Si](C)(C)C(C)(C)C)[C@@H]([C@@H](O)C#N)O2)c(=O)[nH]c1=O. The van der Waals surface area contributed by atoms with E-state index in [1.165, 1.54) is 10.8 Å². The summed E-state index contributed by atoms with van der Waals surface area (Å²) in [5.74, 6) is 0. The number of H-pyrrole nitrogens is 1. The van der Waals surface area contributed by atoms with Crippen LogP contribution in [0.5, 0.6) is 0 Å². The first kappa shape index (κ1) is 20.6. The molecule has 4 atom stereocenters. The van der Waals surface area contributed by atoms with Crippen molar-refractivity contribution in [1.29, 1.82) is 5.26 Å². The number of nitrogens with zero attached hydrogens (tertiary/aromatic N) is 2. The van der Waals surface area contributed by atoms with Crippen LogP contribution in [0.15, 0.2) is 15.8 Å². The fourth-order valence-corrected chi connectivity index (χ4v) is 4.00. The number of ether oxygens (including phenoxy) is 1. The Kier molecular flexibility index (Phi) is 5.63. The summed E-state index contributed by atoms with van der Waals surface area (Å²) >= 11 is 0. The fraction of sp³-hybridized carbons (Fsp3) is 0.706. The Morgan fingerprint density at radius 1 is 1.46 bits per heavy atom. The minimum atomic E-state index is -2.18. The van der Waals surface area contributed by atoms with Crippen LogP contribution in [0.3, 0.4) is 0 Å². The zero-order valence-electron chi connectivity index (χ0n) is 16.1. The number of hydrogen-bond donors (Lipinski definition) is 2. The molecule has 0 radical (unpaired) electrons. The van der Waals surface area contributed by atoms with Gasteiger partial charge in [0, 0.05) is 18.2 Å². The maximum absolute atomic E-state index is 12.1. The van der Waals surface area contributed by atoms with E-state index in [1.54, 1.807) is 13.0 Å². The van der Waals surface area contributed by atoms with E-state index in [4.69, 9.17) is 14.4 Å². The van der Waals surface area contributed by atoms with Crippen LogP contribution < -0.4 is 11.2 Å². The number of aryl methyl sites for hydroxylation is 1. The van der Waals surface area contributed by atoms with Gasteiger partial charge in [-0.1, -0.05) is 20.8 Å². The normalized spacial score (nSPS) is 25.1. The zero-order chi connectivity index (χ0) is 19.9. The summed E-state index contributed by atoms with van der Waals surface area (Å²) in [6.45, 7) is 12.0. The molecule has 0 spiro atoms. The Balaban J connectivity index is 2.35. The standard InChI is InChI=1S/C17H27N3O5Si/c1-10-9-20(16(23)19-15(10)22)13-7-12(14(24-13)11(21)8-18)25-26(5,6)17(2,3)4/h9,11-14,21H,7H2,1-6H3,(H,19,22,23)/t11-,12-,13+,14+/m0/s1. The molecule has 0 saturated carbocycles. The van der Waals surface area contributed by atoms with Crippen molar-refractivity contribution in [2.75, 3.05) is 0 Å². The smallest absolute Gasteiger partial charge is 0.330 e. The first-order chi connectivity index (χ1) is 11.9. The minimum Gasteiger partial charge on any atom is -0.411 e. The molecule has 1 aromatic heterocycles. The number of aromatic nitrogens is 2. The van der Waals surface area contributed by atoms with Gasteiger partial charge in [-0.15, -0.1) is 0 Å². The highest BCUT2D eigenvalue weighted by Crippen LogP contribution is 2.41. The van der Waals surface area contributed by atoms with Gasteiger partial charge in [-0.05, 0) is 25.1 Å². The first-order valence-corrected chi connectivity index (χ1v) is 11.5. The zero-order valence-corrected chi connectivity index (χ0v) is 17.1. The van der Waals surface area contributed by atoms with E-state index in [9.17, 15) is 14.7 Å². The molecule has 0 unspecified atom stereocenters. The highest BCUT2D eigenvalue weighted by molar-refractivity contribution is 6.74. The van der Waals surface area contributed by atoms with E-state index in [-0.39, 0.29) is 5.04 Å². The predicted octanol–water partition coefficient (Wildman–Crippen LogP) is 1.41. The Labute approximate surface area is 153 Å². The fourth-order valence-electron chi connectivity index (χ4n) is 2.66. The van der Waals surface area contributed by atoms with Crippen molar-refractivity contribution >= 4 is 8.32 Å². The summed E-state index contributed by atoms with van der Waals surface area (Å²) < 4.78 is 13.5. The Morgan fingerprint density at radius 2 is 2.08 bits per heavy atom. The number of hydrogen-bond acceptors (Lipinski definition) is 6. The molecule has 2 heterocycles. The van der Waals surface area contributed by atoms with Crippen LogP contribution in [-0.4, -0.2) is 41.3 Å². The van der Waals surface area contributed by atoms with E-state index >= 15 is 0 Å².